The van der Waals surface area contributed by atoms with E-state index >= 15 is 0 Å². The number of hydrogen-bond donors (Lipinski definition) is 1. The molecule has 1 aliphatic heterocycles. The molecule has 0 amide bonds. The van der Waals surface area contributed by atoms with Gasteiger partial charge in [0.2, 0.25) is 5.95 Å². The number of aromatic nitrogens is 2. The van der Waals surface area contributed by atoms with Gasteiger partial charge in [-0.1, -0.05) is 29.8 Å². The summed E-state index contributed by atoms with van der Waals surface area (Å²) in [4.78, 5) is 11.0. The van der Waals surface area contributed by atoms with Crippen LogP contribution in [0.25, 0.3) is 6.08 Å². The number of rotatable bonds is 5. The second kappa shape index (κ2) is 8.06. The zero-order chi connectivity index (χ0) is 19.4. The van der Waals surface area contributed by atoms with E-state index in [1.54, 1.807) is 19.9 Å². The monoisotopic (exact) mass is 388 g/mol. The Kier molecular flexibility index (Phi) is 5.76. The first-order valence-corrected chi connectivity index (χ1v) is 10.3. The lowest BCUT2D eigenvalue weighted by Crippen LogP contribution is -2.37. The first kappa shape index (κ1) is 19.3. The average molecular weight is 388 g/mol. The average Bonchev–Trinajstić information content (AvgIpc) is 2.65. The lowest BCUT2D eigenvalue weighted by atomic mass is 10.2. The molecule has 3 rings (SSSR count). The van der Waals surface area contributed by atoms with Crippen LogP contribution < -0.4 is 9.62 Å². The van der Waals surface area contributed by atoms with E-state index in [9.17, 15) is 8.42 Å². The Bertz CT molecular complexity index is 911. The van der Waals surface area contributed by atoms with Crippen LogP contribution in [0.1, 0.15) is 22.5 Å². The van der Waals surface area contributed by atoms with Crippen LogP contribution in [0.5, 0.6) is 0 Å². The van der Waals surface area contributed by atoms with Gasteiger partial charge in [0.15, 0.2) is 0 Å². The zero-order valence-electron chi connectivity index (χ0n) is 15.8. The maximum absolute atomic E-state index is 12.5. The summed E-state index contributed by atoms with van der Waals surface area (Å²) in [6.07, 6.45) is 1.56. The molecule has 0 aliphatic carbocycles. The van der Waals surface area contributed by atoms with Crippen LogP contribution in [0.2, 0.25) is 0 Å². The summed E-state index contributed by atoms with van der Waals surface area (Å²) in [7, 11) is -3.67. The van der Waals surface area contributed by atoms with Gasteiger partial charge in [0, 0.05) is 13.1 Å². The molecule has 0 spiro atoms. The molecule has 1 aromatic carbocycles. The van der Waals surface area contributed by atoms with E-state index in [1.807, 2.05) is 36.1 Å². The number of morpholine rings is 1. The number of hydrogen-bond acceptors (Lipinski definition) is 6. The van der Waals surface area contributed by atoms with E-state index < -0.39 is 10.0 Å². The molecule has 1 fully saturated rings. The Balaban J connectivity index is 1.78. The van der Waals surface area contributed by atoms with Crippen molar-refractivity contribution in [2.24, 2.45) is 0 Å². The van der Waals surface area contributed by atoms with Crippen LogP contribution in [-0.2, 0) is 14.8 Å². The number of nitrogens with one attached hydrogen (secondary N) is 1. The molecule has 2 aromatic rings. The summed E-state index contributed by atoms with van der Waals surface area (Å²) in [5.74, 6) is 0.603. The normalized spacial score (nSPS) is 15.3. The van der Waals surface area contributed by atoms with E-state index in [4.69, 9.17) is 4.74 Å². The Hall–Kier alpha value is -2.45. The van der Waals surface area contributed by atoms with Gasteiger partial charge < -0.3 is 9.64 Å². The summed E-state index contributed by atoms with van der Waals surface area (Å²) in [5, 5.41) is 1.16. The largest absolute Gasteiger partial charge is 0.378 e. The SMILES string of the molecule is Cc1ccc(/C=C/S(=O)(=O)Nc2c(C)nc(N3CCOCC3)nc2C)cc1. The summed E-state index contributed by atoms with van der Waals surface area (Å²) >= 11 is 0. The summed E-state index contributed by atoms with van der Waals surface area (Å²) < 4.78 is 32.8. The van der Waals surface area contributed by atoms with E-state index in [0.717, 1.165) is 29.6 Å². The van der Waals surface area contributed by atoms with E-state index in [0.29, 0.717) is 36.2 Å². The highest BCUT2D eigenvalue weighted by atomic mass is 32.2. The van der Waals surface area contributed by atoms with Gasteiger partial charge >= 0.3 is 0 Å². The number of anilines is 2. The van der Waals surface area contributed by atoms with E-state index in [-0.39, 0.29) is 0 Å². The molecule has 7 nitrogen and oxygen atoms in total. The molecule has 0 saturated carbocycles. The maximum atomic E-state index is 12.5. The van der Waals surface area contributed by atoms with Gasteiger partial charge in [0.05, 0.1) is 35.7 Å². The van der Waals surface area contributed by atoms with Crippen molar-refractivity contribution in [2.75, 3.05) is 35.9 Å². The molecule has 0 bridgehead atoms. The molecule has 1 aromatic heterocycles. The molecule has 1 saturated heterocycles. The fraction of sp³-hybridized carbons (Fsp3) is 0.368. The maximum Gasteiger partial charge on any atom is 0.255 e. The van der Waals surface area contributed by atoms with Gasteiger partial charge in [-0.2, -0.15) is 0 Å². The third kappa shape index (κ3) is 5.05. The zero-order valence-corrected chi connectivity index (χ0v) is 16.6. The van der Waals surface area contributed by atoms with Crippen molar-refractivity contribution in [3.63, 3.8) is 0 Å². The van der Waals surface area contributed by atoms with Gasteiger partial charge in [-0.25, -0.2) is 18.4 Å². The molecular weight excluding hydrogens is 364 g/mol. The molecule has 0 unspecified atom stereocenters. The molecule has 144 valence electrons. The highest BCUT2D eigenvalue weighted by molar-refractivity contribution is 7.95. The number of sulfonamides is 1. The fourth-order valence-corrected chi connectivity index (χ4v) is 3.76. The Labute approximate surface area is 160 Å². The van der Waals surface area contributed by atoms with Crippen molar-refractivity contribution in [2.45, 2.75) is 20.8 Å². The van der Waals surface area contributed by atoms with Crippen molar-refractivity contribution < 1.29 is 13.2 Å². The Morgan fingerprint density at radius 1 is 1.04 bits per heavy atom. The van der Waals surface area contributed by atoms with Crippen LogP contribution in [-0.4, -0.2) is 44.7 Å². The standard InChI is InChI=1S/C19H24N4O3S/c1-14-4-6-17(7-5-14)8-13-27(24,25)22-18-15(2)20-19(21-16(18)3)23-9-11-26-12-10-23/h4-8,13,22H,9-12H2,1-3H3/b13-8+. The third-order valence-corrected chi connectivity index (χ3v) is 5.30. The molecule has 8 heteroatoms. The van der Waals surface area contributed by atoms with E-state index in [2.05, 4.69) is 14.7 Å². The molecule has 0 radical (unpaired) electrons. The van der Waals surface area contributed by atoms with Gasteiger partial charge in [-0.05, 0) is 32.4 Å². The van der Waals surface area contributed by atoms with Crippen LogP contribution in [0.3, 0.4) is 0 Å². The van der Waals surface area contributed by atoms with Crippen LogP contribution in [0, 0.1) is 20.8 Å². The van der Waals surface area contributed by atoms with Crippen LogP contribution in [0.15, 0.2) is 29.7 Å². The van der Waals surface area contributed by atoms with Gasteiger partial charge in [-0.15, -0.1) is 0 Å². The molecule has 1 N–H and O–H groups in total. The van der Waals surface area contributed by atoms with Crippen LogP contribution >= 0.6 is 0 Å². The fourth-order valence-electron chi connectivity index (χ4n) is 2.77. The summed E-state index contributed by atoms with van der Waals surface area (Å²) in [6.45, 7) is 8.27. The predicted molar refractivity (Wildman–Crippen MR) is 107 cm³/mol. The Morgan fingerprint density at radius 3 is 2.22 bits per heavy atom. The number of aryl methyl sites for hydroxylation is 3. The number of nitrogens with zero attached hydrogens (tertiary/aromatic N) is 3. The molecule has 1 aliphatic rings. The second-order valence-corrected chi connectivity index (χ2v) is 8.10. The van der Waals surface area contributed by atoms with Crippen molar-refractivity contribution in [1.82, 2.24) is 9.97 Å². The lowest BCUT2D eigenvalue weighted by Gasteiger charge is -2.27. The van der Waals surface area contributed by atoms with Crippen LogP contribution in [0.4, 0.5) is 11.6 Å². The van der Waals surface area contributed by atoms with Gasteiger partial charge in [-0.3, -0.25) is 4.72 Å². The lowest BCUT2D eigenvalue weighted by molar-refractivity contribution is 0.122. The molecule has 0 atom stereocenters. The minimum Gasteiger partial charge on any atom is -0.378 e. The molecule has 2 heterocycles. The van der Waals surface area contributed by atoms with Gasteiger partial charge in [0.25, 0.3) is 10.0 Å². The molecule has 27 heavy (non-hydrogen) atoms. The Morgan fingerprint density at radius 2 is 1.63 bits per heavy atom. The first-order chi connectivity index (χ1) is 12.8. The summed E-state index contributed by atoms with van der Waals surface area (Å²) in [6, 6.07) is 7.62. The predicted octanol–water partition coefficient (Wildman–Crippen LogP) is 2.65. The smallest absolute Gasteiger partial charge is 0.255 e. The second-order valence-electron chi connectivity index (χ2n) is 6.53. The highest BCUT2D eigenvalue weighted by Crippen LogP contribution is 2.22. The minimum absolute atomic E-state index is 0.417. The van der Waals surface area contributed by atoms with Crippen molar-refractivity contribution in [3.05, 3.63) is 52.2 Å². The van der Waals surface area contributed by atoms with Crippen molar-refractivity contribution in [3.8, 4) is 0 Å². The van der Waals surface area contributed by atoms with Crippen molar-refractivity contribution >= 4 is 27.7 Å². The van der Waals surface area contributed by atoms with E-state index in [1.165, 1.54) is 0 Å². The molecular formula is C19H24N4O3S. The number of ether oxygens (including phenoxy) is 1. The quantitative estimate of drug-likeness (QED) is 0.848. The summed E-state index contributed by atoms with van der Waals surface area (Å²) in [5.41, 5.74) is 3.54. The van der Waals surface area contributed by atoms with Crippen molar-refractivity contribution in [1.29, 1.82) is 0 Å². The topological polar surface area (TPSA) is 84.4 Å². The third-order valence-electron chi connectivity index (χ3n) is 4.31. The minimum atomic E-state index is -3.67. The first-order valence-electron chi connectivity index (χ1n) is 8.79. The highest BCUT2D eigenvalue weighted by Gasteiger charge is 2.18. The van der Waals surface area contributed by atoms with Gasteiger partial charge in [0.1, 0.15) is 0 Å². The number of benzene rings is 1.